The van der Waals surface area contributed by atoms with Gasteiger partial charge in [-0.3, -0.25) is 19.4 Å². The van der Waals surface area contributed by atoms with Crippen LogP contribution in [0.4, 0.5) is 5.69 Å². The van der Waals surface area contributed by atoms with Crippen LogP contribution < -0.4 is 9.64 Å². The second-order valence-corrected chi connectivity index (χ2v) is 6.86. The number of carbonyl (C=O) groups excluding carboxylic acids is 2. The van der Waals surface area contributed by atoms with E-state index in [2.05, 4.69) is 15.9 Å². The fraction of sp³-hybridized carbons (Fsp3) is 0.579. The van der Waals surface area contributed by atoms with Crippen molar-refractivity contribution in [2.75, 3.05) is 51.3 Å². The summed E-state index contributed by atoms with van der Waals surface area (Å²) >= 11 is 0. The van der Waals surface area contributed by atoms with Gasteiger partial charge in [-0.15, -0.1) is 0 Å². The number of hydrogen-bond acceptors (Lipinski definition) is 6. The minimum Gasteiger partial charge on any atom is -0.495 e. The predicted molar refractivity (Wildman–Crippen MR) is 98.2 cm³/mol. The lowest BCUT2D eigenvalue weighted by Crippen LogP contribution is -2.51. The topological polar surface area (TPSA) is 73.3 Å². The number of para-hydroxylation sites is 2. The SMILES string of the molecule is COc1ccccc1N1CCN(CC(O)CN2C(=O)CCCC2=O)CC1. The van der Waals surface area contributed by atoms with Gasteiger partial charge in [0.2, 0.25) is 11.8 Å². The van der Waals surface area contributed by atoms with Crippen molar-refractivity contribution in [2.24, 2.45) is 0 Å². The number of likely N-dealkylation sites (tertiary alicyclic amines) is 1. The van der Waals surface area contributed by atoms with Crippen molar-refractivity contribution in [1.82, 2.24) is 9.80 Å². The van der Waals surface area contributed by atoms with E-state index in [1.165, 1.54) is 4.90 Å². The van der Waals surface area contributed by atoms with Gasteiger partial charge in [-0.05, 0) is 18.6 Å². The lowest BCUT2D eigenvalue weighted by molar-refractivity contribution is -0.149. The van der Waals surface area contributed by atoms with Crippen molar-refractivity contribution in [3.63, 3.8) is 0 Å². The van der Waals surface area contributed by atoms with E-state index in [0.717, 1.165) is 37.6 Å². The first kappa shape index (κ1) is 18.7. The van der Waals surface area contributed by atoms with Gasteiger partial charge in [0.25, 0.3) is 0 Å². The lowest BCUT2D eigenvalue weighted by Gasteiger charge is -2.38. The first-order valence-corrected chi connectivity index (χ1v) is 9.20. The number of hydrogen-bond donors (Lipinski definition) is 1. The minimum atomic E-state index is -0.709. The van der Waals surface area contributed by atoms with E-state index in [4.69, 9.17) is 4.74 Å². The molecule has 7 heteroatoms. The van der Waals surface area contributed by atoms with Crippen LogP contribution in [-0.4, -0.2) is 79.2 Å². The molecule has 2 aliphatic heterocycles. The van der Waals surface area contributed by atoms with E-state index in [1.807, 2.05) is 18.2 Å². The Morgan fingerprint density at radius 1 is 1.04 bits per heavy atom. The lowest BCUT2D eigenvalue weighted by atomic mass is 10.1. The van der Waals surface area contributed by atoms with Gasteiger partial charge in [0, 0.05) is 45.6 Å². The number of amides is 2. The number of aliphatic hydroxyl groups is 1. The van der Waals surface area contributed by atoms with Crippen LogP contribution in [-0.2, 0) is 9.59 Å². The monoisotopic (exact) mass is 361 g/mol. The number of β-amino-alcohol motifs (C(OH)–C–C–N with tert-alkyl or cyclic N) is 1. The van der Waals surface area contributed by atoms with Crippen LogP contribution >= 0.6 is 0 Å². The molecule has 0 aliphatic carbocycles. The molecule has 0 radical (unpaired) electrons. The third-order valence-electron chi connectivity index (χ3n) is 5.04. The molecule has 1 unspecified atom stereocenters. The average molecular weight is 361 g/mol. The summed E-state index contributed by atoms with van der Waals surface area (Å²) in [5.74, 6) is 0.533. The van der Waals surface area contributed by atoms with E-state index < -0.39 is 6.10 Å². The zero-order chi connectivity index (χ0) is 18.5. The molecule has 0 aromatic heterocycles. The molecule has 2 amide bonds. The highest BCUT2D eigenvalue weighted by atomic mass is 16.5. The van der Waals surface area contributed by atoms with E-state index in [0.29, 0.717) is 25.8 Å². The number of carbonyl (C=O) groups is 2. The molecule has 2 fully saturated rings. The van der Waals surface area contributed by atoms with Crippen LogP contribution in [0.1, 0.15) is 19.3 Å². The van der Waals surface area contributed by atoms with Crippen molar-refractivity contribution in [3.8, 4) is 5.75 Å². The summed E-state index contributed by atoms with van der Waals surface area (Å²) in [6, 6.07) is 7.97. The zero-order valence-electron chi connectivity index (χ0n) is 15.3. The largest absolute Gasteiger partial charge is 0.495 e. The molecule has 0 bridgehead atoms. The second-order valence-electron chi connectivity index (χ2n) is 6.86. The molecule has 26 heavy (non-hydrogen) atoms. The van der Waals surface area contributed by atoms with Gasteiger partial charge in [0.1, 0.15) is 5.75 Å². The van der Waals surface area contributed by atoms with Crippen LogP contribution in [0.3, 0.4) is 0 Å². The number of piperazine rings is 1. The molecule has 2 heterocycles. The molecule has 1 aromatic rings. The molecular formula is C19H27N3O4. The number of ether oxygens (including phenoxy) is 1. The standard InChI is InChI=1S/C19H27N3O4/c1-26-17-6-3-2-5-16(17)21-11-9-20(10-12-21)13-15(23)14-22-18(24)7-4-8-19(22)25/h2-3,5-6,15,23H,4,7-14H2,1H3. The molecule has 1 aromatic carbocycles. The molecule has 0 spiro atoms. The maximum absolute atomic E-state index is 11.9. The maximum atomic E-state index is 11.9. The summed E-state index contributed by atoms with van der Waals surface area (Å²) in [4.78, 5) is 29.4. The Bertz CT molecular complexity index is 627. The summed E-state index contributed by atoms with van der Waals surface area (Å²) < 4.78 is 5.43. The van der Waals surface area contributed by atoms with Crippen LogP contribution in [0.5, 0.6) is 5.75 Å². The zero-order valence-corrected chi connectivity index (χ0v) is 15.3. The highest BCUT2D eigenvalue weighted by Crippen LogP contribution is 2.28. The van der Waals surface area contributed by atoms with Crippen LogP contribution in [0.25, 0.3) is 0 Å². The number of benzene rings is 1. The quantitative estimate of drug-likeness (QED) is 0.753. The molecule has 2 saturated heterocycles. The molecule has 3 rings (SSSR count). The number of anilines is 1. The summed E-state index contributed by atoms with van der Waals surface area (Å²) in [5, 5.41) is 10.3. The first-order chi connectivity index (χ1) is 12.6. The maximum Gasteiger partial charge on any atom is 0.229 e. The molecule has 1 atom stereocenters. The van der Waals surface area contributed by atoms with Gasteiger partial charge in [0.05, 0.1) is 25.4 Å². The number of piperidine rings is 1. The van der Waals surface area contributed by atoms with E-state index >= 15 is 0 Å². The van der Waals surface area contributed by atoms with Crippen LogP contribution in [0.15, 0.2) is 24.3 Å². The van der Waals surface area contributed by atoms with Gasteiger partial charge in [-0.25, -0.2) is 0 Å². The van der Waals surface area contributed by atoms with Gasteiger partial charge in [0.15, 0.2) is 0 Å². The van der Waals surface area contributed by atoms with Gasteiger partial charge in [-0.1, -0.05) is 12.1 Å². The Labute approximate surface area is 154 Å². The predicted octanol–water partition coefficient (Wildman–Crippen LogP) is 0.717. The van der Waals surface area contributed by atoms with Crippen LogP contribution in [0, 0.1) is 0 Å². The fourth-order valence-electron chi connectivity index (χ4n) is 3.63. The second kappa shape index (κ2) is 8.51. The van der Waals surface area contributed by atoms with Crippen molar-refractivity contribution in [1.29, 1.82) is 0 Å². The van der Waals surface area contributed by atoms with E-state index in [9.17, 15) is 14.7 Å². The Balaban J connectivity index is 1.49. The Morgan fingerprint density at radius 3 is 2.35 bits per heavy atom. The Hall–Kier alpha value is -2.12. The molecule has 7 nitrogen and oxygen atoms in total. The third kappa shape index (κ3) is 4.34. The number of nitrogens with zero attached hydrogens (tertiary/aromatic N) is 3. The minimum absolute atomic E-state index is 0.102. The average Bonchev–Trinajstić information content (AvgIpc) is 2.65. The number of imide groups is 1. The van der Waals surface area contributed by atoms with Crippen molar-refractivity contribution < 1.29 is 19.4 Å². The smallest absolute Gasteiger partial charge is 0.229 e. The summed E-state index contributed by atoms with van der Waals surface area (Å²) in [6.45, 7) is 3.89. The highest BCUT2D eigenvalue weighted by molar-refractivity contribution is 5.97. The Kier molecular flexibility index (Phi) is 6.11. The van der Waals surface area contributed by atoms with Crippen LogP contribution in [0.2, 0.25) is 0 Å². The fourth-order valence-corrected chi connectivity index (χ4v) is 3.63. The molecule has 0 saturated carbocycles. The van der Waals surface area contributed by atoms with Gasteiger partial charge in [-0.2, -0.15) is 0 Å². The third-order valence-corrected chi connectivity index (χ3v) is 5.04. The van der Waals surface area contributed by atoms with E-state index in [1.54, 1.807) is 7.11 Å². The Morgan fingerprint density at radius 2 is 1.69 bits per heavy atom. The summed E-state index contributed by atoms with van der Waals surface area (Å²) in [5.41, 5.74) is 1.08. The highest BCUT2D eigenvalue weighted by Gasteiger charge is 2.29. The normalized spacial score (nSPS) is 20.4. The first-order valence-electron chi connectivity index (χ1n) is 9.20. The van der Waals surface area contributed by atoms with Crippen molar-refractivity contribution >= 4 is 17.5 Å². The number of aliphatic hydroxyl groups excluding tert-OH is 1. The van der Waals surface area contributed by atoms with Gasteiger partial charge < -0.3 is 14.7 Å². The number of rotatable bonds is 6. The molecule has 2 aliphatic rings. The molecule has 1 N–H and O–H groups in total. The van der Waals surface area contributed by atoms with Gasteiger partial charge >= 0.3 is 0 Å². The van der Waals surface area contributed by atoms with Crippen molar-refractivity contribution in [2.45, 2.75) is 25.4 Å². The number of methoxy groups -OCH3 is 1. The summed E-state index contributed by atoms with van der Waals surface area (Å²) in [7, 11) is 1.68. The van der Waals surface area contributed by atoms with E-state index in [-0.39, 0.29) is 18.4 Å². The summed E-state index contributed by atoms with van der Waals surface area (Å²) in [6.07, 6.45) is 0.708. The molecular weight excluding hydrogens is 334 g/mol. The van der Waals surface area contributed by atoms with Crippen molar-refractivity contribution in [3.05, 3.63) is 24.3 Å². The molecule has 142 valence electrons.